The lowest BCUT2D eigenvalue weighted by molar-refractivity contribution is -0.139. The largest absolute Gasteiger partial charge is 0.482 e. The van der Waals surface area contributed by atoms with Crippen LogP contribution in [0.3, 0.4) is 0 Å². The monoisotopic (exact) mass is 347 g/mol. The van der Waals surface area contributed by atoms with Crippen molar-refractivity contribution in [1.29, 1.82) is 0 Å². The van der Waals surface area contributed by atoms with E-state index in [9.17, 15) is 9.90 Å². The molecule has 3 rings (SSSR count). The van der Waals surface area contributed by atoms with Gasteiger partial charge in [-0.15, -0.1) is 11.3 Å². The lowest BCUT2D eigenvalue weighted by Crippen LogP contribution is -2.31. The lowest BCUT2D eigenvalue weighted by Gasteiger charge is -2.24. The third kappa shape index (κ3) is 3.95. The smallest absolute Gasteiger partial charge is 0.341 e. The van der Waals surface area contributed by atoms with Gasteiger partial charge in [-0.2, -0.15) is 0 Å². The van der Waals surface area contributed by atoms with Gasteiger partial charge in [-0.25, -0.2) is 4.79 Å². The van der Waals surface area contributed by atoms with Gasteiger partial charge in [-0.05, 0) is 54.6 Å². The standard InChI is InChI=1S/C18H21NO4S/c20-11-15-3-1-7-19(15)10-14-9-13(17-4-2-8-24-17)5-6-16(14)23-12-18(21)22/h2,4-6,8-9,15,20H,1,3,7,10-12H2,(H,21,22)/t15-/m0/s1. The highest BCUT2D eigenvalue weighted by molar-refractivity contribution is 7.13. The van der Waals surface area contributed by atoms with Crippen LogP contribution >= 0.6 is 11.3 Å². The molecule has 24 heavy (non-hydrogen) atoms. The number of carboxylic acids is 1. The van der Waals surface area contributed by atoms with E-state index in [1.165, 1.54) is 4.88 Å². The Morgan fingerprint density at radius 2 is 2.25 bits per heavy atom. The Balaban J connectivity index is 1.86. The zero-order valence-electron chi connectivity index (χ0n) is 13.4. The molecule has 2 aromatic rings. The second-order valence-corrected chi connectivity index (χ2v) is 6.88. The summed E-state index contributed by atoms with van der Waals surface area (Å²) in [5, 5.41) is 20.4. The number of carbonyl (C=O) groups is 1. The number of benzene rings is 1. The first-order chi connectivity index (χ1) is 11.7. The Hall–Kier alpha value is -1.89. The Morgan fingerprint density at radius 1 is 1.38 bits per heavy atom. The molecule has 0 unspecified atom stereocenters. The van der Waals surface area contributed by atoms with Crippen molar-refractivity contribution >= 4 is 17.3 Å². The van der Waals surface area contributed by atoms with Crippen LogP contribution in [0.15, 0.2) is 35.7 Å². The minimum atomic E-state index is -0.988. The summed E-state index contributed by atoms with van der Waals surface area (Å²) in [7, 11) is 0. The molecule has 1 atom stereocenters. The van der Waals surface area contributed by atoms with Gasteiger partial charge >= 0.3 is 5.97 Å². The molecule has 1 aliphatic rings. The first-order valence-electron chi connectivity index (χ1n) is 8.03. The van der Waals surface area contributed by atoms with Crippen LogP contribution in [0.5, 0.6) is 5.75 Å². The molecule has 1 aromatic heterocycles. The Kier molecular flexibility index (Phi) is 5.50. The van der Waals surface area contributed by atoms with Gasteiger partial charge in [0.25, 0.3) is 0 Å². The molecule has 0 radical (unpaired) electrons. The summed E-state index contributed by atoms with van der Waals surface area (Å²) in [5.41, 5.74) is 2.06. The van der Waals surface area contributed by atoms with Crippen molar-refractivity contribution in [2.24, 2.45) is 0 Å². The molecule has 1 aromatic carbocycles. The molecule has 5 nitrogen and oxygen atoms in total. The van der Waals surface area contributed by atoms with Gasteiger partial charge in [0.1, 0.15) is 5.75 Å². The van der Waals surface area contributed by atoms with E-state index in [0.29, 0.717) is 12.3 Å². The number of aliphatic carboxylic acids is 1. The highest BCUT2D eigenvalue weighted by Crippen LogP contribution is 2.31. The van der Waals surface area contributed by atoms with Gasteiger partial charge in [0, 0.05) is 23.0 Å². The third-order valence-corrected chi connectivity index (χ3v) is 5.22. The minimum Gasteiger partial charge on any atom is -0.482 e. The predicted octanol–water partition coefficient (Wildman–Crippen LogP) is 2.84. The number of likely N-dealkylation sites (tertiary alicyclic amines) is 1. The zero-order chi connectivity index (χ0) is 16.9. The summed E-state index contributed by atoms with van der Waals surface area (Å²) in [6, 6.07) is 10.1. The predicted molar refractivity (Wildman–Crippen MR) is 93.4 cm³/mol. The maximum atomic E-state index is 10.8. The molecule has 1 saturated heterocycles. The molecule has 128 valence electrons. The van der Waals surface area contributed by atoms with Crippen LogP contribution in [0.2, 0.25) is 0 Å². The average Bonchev–Trinajstić information content (AvgIpc) is 3.25. The number of aliphatic hydroxyl groups excluding tert-OH is 1. The van der Waals surface area contributed by atoms with Crippen molar-refractivity contribution in [1.82, 2.24) is 4.90 Å². The van der Waals surface area contributed by atoms with Crippen molar-refractivity contribution in [3.05, 3.63) is 41.3 Å². The van der Waals surface area contributed by atoms with E-state index in [1.54, 1.807) is 11.3 Å². The molecular formula is C18H21NO4S. The van der Waals surface area contributed by atoms with Gasteiger partial charge in [0.05, 0.1) is 6.61 Å². The topological polar surface area (TPSA) is 70.0 Å². The molecule has 0 amide bonds. The number of aliphatic hydroxyl groups is 1. The van der Waals surface area contributed by atoms with Gasteiger partial charge in [0.2, 0.25) is 0 Å². The van der Waals surface area contributed by atoms with Crippen molar-refractivity contribution in [2.45, 2.75) is 25.4 Å². The van der Waals surface area contributed by atoms with E-state index in [4.69, 9.17) is 9.84 Å². The number of rotatable bonds is 7. The summed E-state index contributed by atoms with van der Waals surface area (Å²) >= 11 is 1.67. The maximum absolute atomic E-state index is 10.8. The van der Waals surface area contributed by atoms with Gasteiger partial charge in [-0.1, -0.05) is 6.07 Å². The summed E-state index contributed by atoms with van der Waals surface area (Å²) < 4.78 is 5.46. The van der Waals surface area contributed by atoms with Crippen LogP contribution in [0.1, 0.15) is 18.4 Å². The maximum Gasteiger partial charge on any atom is 0.341 e. The van der Waals surface area contributed by atoms with Crippen LogP contribution in [0.4, 0.5) is 0 Å². The van der Waals surface area contributed by atoms with Crippen LogP contribution in [0.25, 0.3) is 10.4 Å². The fraction of sp³-hybridized carbons (Fsp3) is 0.389. The summed E-state index contributed by atoms with van der Waals surface area (Å²) in [4.78, 5) is 14.2. The van der Waals surface area contributed by atoms with Crippen molar-refractivity contribution in [2.75, 3.05) is 19.8 Å². The fourth-order valence-corrected chi connectivity index (χ4v) is 3.83. The number of ether oxygens (including phenoxy) is 1. The van der Waals surface area contributed by atoms with Crippen LogP contribution in [0, 0.1) is 0 Å². The van der Waals surface area contributed by atoms with E-state index >= 15 is 0 Å². The molecule has 0 aliphatic carbocycles. The van der Waals surface area contributed by atoms with Crippen LogP contribution in [-0.2, 0) is 11.3 Å². The van der Waals surface area contributed by atoms with E-state index in [0.717, 1.165) is 30.5 Å². The van der Waals surface area contributed by atoms with Crippen LogP contribution in [-0.4, -0.2) is 46.9 Å². The SMILES string of the molecule is O=C(O)COc1ccc(-c2cccs2)cc1CN1CCC[C@H]1CO. The fourth-order valence-electron chi connectivity index (χ4n) is 3.11. The van der Waals surface area contributed by atoms with Crippen molar-refractivity contribution in [3.63, 3.8) is 0 Å². The lowest BCUT2D eigenvalue weighted by atomic mass is 10.1. The van der Waals surface area contributed by atoms with Gasteiger partial charge in [-0.3, -0.25) is 4.90 Å². The Bertz CT molecular complexity index is 686. The minimum absolute atomic E-state index is 0.149. The molecular weight excluding hydrogens is 326 g/mol. The Labute approximate surface area is 145 Å². The quantitative estimate of drug-likeness (QED) is 0.806. The normalized spacial score (nSPS) is 18.0. The van der Waals surface area contributed by atoms with Crippen LogP contribution < -0.4 is 4.74 Å². The first kappa shape index (κ1) is 17.0. The number of hydrogen-bond donors (Lipinski definition) is 2. The summed E-state index contributed by atoms with van der Waals surface area (Å²) in [6.07, 6.45) is 2.06. The molecule has 0 bridgehead atoms. The second kappa shape index (κ2) is 7.79. The highest BCUT2D eigenvalue weighted by atomic mass is 32.1. The number of thiophene rings is 1. The van der Waals surface area contributed by atoms with E-state index < -0.39 is 5.97 Å². The Morgan fingerprint density at radius 3 is 2.96 bits per heavy atom. The van der Waals surface area contributed by atoms with E-state index in [2.05, 4.69) is 17.0 Å². The summed E-state index contributed by atoms with van der Waals surface area (Å²) in [6.45, 7) is 1.39. The molecule has 1 aliphatic heterocycles. The molecule has 0 spiro atoms. The average molecular weight is 347 g/mol. The third-order valence-electron chi connectivity index (χ3n) is 4.30. The molecule has 0 saturated carbocycles. The molecule has 1 fully saturated rings. The molecule has 6 heteroatoms. The van der Waals surface area contributed by atoms with Crippen molar-refractivity contribution < 1.29 is 19.7 Å². The zero-order valence-corrected chi connectivity index (χ0v) is 14.2. The van der Waals surface area contributed by atoms with E-state index in [1.807, 2.05) is 23.6 Å². The number of nitrogens with zero attached hydrogens (tertiary/aromatic N) is 1. The molecule has 2 heterocycles. The van der Waals surface area contributed by atoms with Gasteiger partial charge in [0.15, 0.2) is 6.61 Å². The number of hydrogen-bond acceptors (Lipinski definition) is 5. The van der Waals surface area contributed by atoms with Gasteiger partial charge < -0.3 is 14.9 Å². The van der Waals surface area contributed by atoms with E-state index in [-0.39, 0.29) is 19.3 Å². The highest BCUT2D eigenvalue weighted by Gasteiger charge is 2.24. The molecule has 2 N–H and O–H groups in total. The second-order valence-electron chi connectivity index (χ2n) is 5.93. The number of carboxylic acid groups (broad SMARTS) is 1. The first-order valence-corrected chi connectivity index (χ1v) is 8.91. The van der Waals surface area contributed by atoms with Crippen molar-refractivity contribution in [3.8, 4) is 16.2 Å². The summed E-state index contributed by atoms with van der Waals surface area (Å²) in [5.74, 6) is -0.390.